The minimum absolute atomic E-state index is 0.0311. The molecule has 3 atom stereocenters. The van der Waals surface area contributed by atoms with Crippen molar-refractivity contribution in [1.82, 2.24) is 15.3 Å². The first-order valence-corrected chi connectivity index (χ1v) is 10.3. The molecule has 0 fully saturated rings. The molecule has 3 unspecified atom stereocenters. The summed E-state index contributed by atoms with van der Waals surface area (Å²) in [7, 11) is 0. The lowest BCUT2D eigenvalue weighted by Gasteiger charge is -2.17. The first-order valence-electron chi connectivity index (χ1n) is 10.3. The molecule has 0 spiro atoms. The topological polar surface area (TPSA) is 143 Å². The van der Waals surface area contributed by atoms with Gasteiger partial charge in [0.2, 0.25) is 5.89 Å². The van der Waals surface area contributed by atoms with E-state index in [1.165, 1.54) is 6.92 Å². The van der Waals surface area contributed by atoms with Gasteiger partial charge in [0, 0.05) is 23.5 Å². The molecule has 5 N–H and O–H groups in total. The summed E-state index contributed by atoms with van der Waals surface area (Å²) in [5, 5.41) is 13.2. The molecule has 0 radical (unpaired) electrons. The molecule has 1 amide bonds. The Labute approximate surface area is 180 Å². The molecule has 0 bridgehead atoms. The van der Waals surface area contributed by atoms with Crippen molar-refractivity contribution in [3.05, 3.63) is 53.9 Å². The third kappa shape index (κ3) is 5.50. The lowest BCUT2D eigenvalue weighted by atomic mass is 10.0. The molecular formula is C22H28N4O5. The number of amides is 1. The van der Waals surface area contributed by atoms with Crippen molar-refractivity contribution in [2.75, 3.05) is 6.61 Å². The van der Waals surface area contributed by atoms with Gasteiger partial charge < -0.3 is 30.3 Å². The number of nitrogens with one attached hydrogen (secondary N) is 2. The number of aromatic amines is 1. The molecule has 31 heavy (non-hydrogen) atoms. The number of rotatable bonds is 10. The van der Waals surface area contributed by atoms with Crippen LogP contribution in [0.1, 0.15) is 54.7 Å². The van der Waals surface area contributed by atoms with Gasteiger partial charge in [-0.15, -0.1) is 0 Å². The fourth-order valence-corrected chi connectivity index (χ4v) is 3.11. The van der Waals surface area contributed by atoms with Crippen LogP contribution in [-0.4, -0.2) is 45.7 Å². The third-order valence-corrected chi connectivity index (χ3v) is 4.99. The van der Waals surface area contributed by atoms with E-state index in [1.807, 2.05) is 37.4 Å². The van der Waals surface area contributed by atoms with Gasteiger partial charge in [-0.05, 0) is 25.0 Å². The van der Waals surface area contributed by atoms with Gasteiger partial charge in [0.15, 0.2) is 5.69 Å². The van der Waals surface area contributed by atoms with E-state index in [1.54, 1.807) is 0 Å². The predicted octanol–water partition coefficient (Wildman–Crippen LogP) is 2.22. The van der Waals surface area contributed by atoms with Crippen LogP contribution in [0.4, 0.5) is 0 Å². The summed E-state index contributed by atoms with van der Waals surface area (Å²) < 4.78 is 10.6. The molecule has 0 aliphatic rings. The zero-order valence-corrected chi connectivity index (χ0v) is 17.6. The van der Waals surface area contributed by atoms with Crippen molar-refractivity contribution in [2.45, 2.75) is 51.3 Å². The number of aliphatic hydroxyl groups is 1. The number of H-pyrrole nitrogens is 1. The minimum atomic E-state index is -0.908. The number of aromatic nitrogens is 2. The number of benzene rings is 1. The summed E-state index contributed by atoms with van der Waals surface area (Å²) in [5.74, 6) is -1.07. The Hall–Kier alpha value is -3.17. The van der Waals surface area contributed by atoms with Crippen LogP contribution in [0.3, 0.4) is 0 Å². The summed E-state index contributed by atoms with van der Waals surface area (Å²) in [4.78, 5) is 32.7. The molecule has 166 valence electrons. The number of oxazole rings is 1. The molecule has 2 aromatic heterocycles. The van der Waals surface area contributed by atoms with Crippen LogP contribution >= 0.6 is 0 Å². The first kappa shape index (κ1) is 22.5. The minimum Gasteiger partial charge on any atom is -0.464 e. The Bertz CT molecular complexity index is 1030. The summed E-state index contributed by atoms with van der Waals surface area (Å²) in [6.07, 6.45) is 3.95. The number of nitrogens with zero attached hydrogens (tertiary/aromatic N) is 1. The number of ether oxygens (including phenoxy) is 1. The SMILES string of the molecule is CCCCOC(=O)C(Cc1c[nH]c2ccccc12)NC(=O)c1coc(C(N)C(C)O)n1. The van der Waals surface area contributed by atoms with Gasteiger partial charge in [-0.1, -0.05) is 31.5 Å². The van der Waals surface area contributed by atoms with Crippen LogP contribution in [0.5, 0.6) is 0 Å². The van der Waals surface area contributed by atoms with Crippen LogP contribution in [-0.2, 0) is 16.0 Å². The Morgan fingerprint density at radius 2 is 2.13 bits per heavy atom. The number of esters is 1. The number of hydrogen-bond donors (Lipinski definition) is 4. The van der Waals surface area contributed by atoms with Crippen LogP contribution in [0.2, 0.25) is 0 Å². The molecule has 3 aromatic rings. The number of carbonyl (C=O) groups excluding carboxylic acids is 2. The van der Waals surface area contributed by atoms with E-state index in [9.17, 15) is 14.7 Å². The Morgan fingerprint density at radius 3 is 2.87 bits per heavy atom. The molecular weight excluding hydrogens is 400 g/mol. The number of para-hydroxylation sites is 1. The van der Waals surface area contributed by atoms with Gasteiger partial charge in [-0.25, -0.2) is 9.78 Å². The number of unbranched alkanes of at least 4 members (excludes halogenated alkanes) is 1. The highest BCUT2D eigenvalue weighted by Crippen LogP contribution is 2.20. The summed E-state index contributed by atoms with van der Waals surface area (Å²) in [6, 6.07) is 5.95. The van der Waals surface area contributed by atoms with Crippen LogP contribution in [0, 0.1) is 0 Å². The van der Waals surface area contributed by atoms with E-state index in [-0.39, 0.29) is 24.6 Å². The molecule has 0 saturated heterocycles. The normalized spacial score (nSPS) is 14.2. The quantitative estimate of drug-likeness (QED) is 0.286. The van der Waals surface area contributed by atoms with E-state index in [0.717, 1.165) is 35.6 Å². The van der Waals surface area contributed by atoms with Gasteiger partial charge >= 0.3 is 5.97 Å². The van der Waals surface area contributed by atoms with E-state index in [0.29, 0.717) is 0 Å². The van der Waals surface area contributed by atoms with Crippen molar-refractivity contribution < 1.29 is 23.8 Å². The maximum atomic E-state index is 12.7. The average molecular weight is 428 g/mol. The van der Waals surface area contributed by atoms with Crippen molar-refractivity contribution in [3.63, 3.8) is 0 Å². The predicted molar refractivity (Wildman–Crippen MR) is 114 cm³/mol. The molecule has 9 heteroatoms. The second-order valence-corrected chi connectivity index (χ2v) is 7.45. The maximum absolute atomic E-state index is 12.7. The molecule has 9 nitrogen and oxygen atoms in total. The fourth-order valence-electron chi connectivity index (χ4n) is 3.11. The van der Waals surface area contributed by atoms with Crippen molar-refractivity contribution >= 4 is 22.8 Å². The molecule has 0 saturated carbocycles. The highest BCUT2D eigenvalue weighted by molar-refractivity contribution is 5.95. The molecule has 0 aliphatic heterocycles. The van der Waals surface area contributed by atoms with E-state index < -0.39 is 30.1 Å². The van der Waals surface area contributed by atoms with Gasteiger partial charge in [-0.2, -0.15) is 0 Å². The van der Waals surface area contributed by atoms with Crippen LogP contribution in [0.15, 0.2) is 41.1 Å². The van der Waals surface area contributed by atoms with Crippen molar-refractivity contribution in [1.29, 1.82) is 0 Å². The van der Waals surface area contributed by atoms with E-state index in [4.69, 9.17) is 14.9 Å². The highest BCUT2D eigenvalue weighted by Gasteiger charge is 2.27. The number of nitrogens with two attached hydrogens (primary N) is 1. The second kappa shape index (κ2) is 10.2. The Balaban J connectivity index is 1.77. The summed E-state index contributed by atoms with van der Waals surface area (Å²) >= 11 is 0. The molecule has 3 rings (SSSR count). The van der Waals surface area contributed by atoms with Gasteiger partial charge in [0.1, 0.15) is 18.3 Å². The monoisotopic (exact) mass is 428 g/mol. The summed E-state index contributed by atoms with van der Waals surface area (Å²) in [6.45, 7) is 3.78. The van der Waals surface area contributed by atoms with E-state index in [2.05, 4.69) is 15.3 Å². The third-order valence-electron chi connectivity index (χ3n) is 4.99. The number of fused-ring (bicyclic) bond motifs is 1. The van der Waals surface area contributed by atoms with E-state index >= 15 is 0 Å². The smallest absolute Gasteiger partial charge is 0.328 e. The molecule has 1 aromatic carbocycles. The zero-order chi connectivity index (χ0) is 22.4. The van der Waals surface area contributed by atoms with Crippen molar-refractivity contribution in [2.24, 2.45) is 5.73 Å². The maximum Gasteiger partial charge on any atom is 0.328 e. The fraction of sp³-hybridized carbons (Fsp3) is 0.409. The zero-order valence-electron chi connectivity index (χ0n) is 17.6. The Kier molecular flexibility index (Phi) is 7.43. The number of aliphatic hydroxyl groups excluding tert-OH is 1. The van der Waals surface area contributed by atoms with Crippen LogP contribution in [0.25, 0.3) is 10.9 Å². The number of carbonyl (C=O) groups is 2. The first-order chi connectivity index (χ1) is 14.9. The lowest BCUT2D eigenvalue weighted by Crippen LogP contribution is -2.43. The van der Waals surface area contributed by atoms with Gasteiger partial charge in [-0.3, -0.25) is 4.79 Å². The lowest BCUT2D eigenvalue weighted by molar-refractivity contribution is -0.146. The standard InChI is InChI=1S/C22H28N4O5/c1-3-4-9-30-22(29)17(10-14-11-24-16-8-6-5-7-15(14)16)25-20(28)18-12-31-21(26-18)19(23)13(2)27/h5-8,11-13,17,19,24,27H,3-4,9-10,23H2,1-2H3,(H,25,28). The average Bonchev–Trinajstić information content (AvgIpc) is 3.40. The Morgan fingerprint density at radius 1 is 1.35 bits per heavy atom. The summed E-state index contributed by atoms with van der Waals surface area (Å²) in [5.41, 5.74) is 7.59. The van der Waals surface area contributed by atoms with Crippen LogP contribution < -0.4 is 11.1 Å². The highest BCUT2D eigenvalue weighted by atomic mass is 16.5. The molecule has 2 heterocycles. The van der Waals surface area contributed by atoms with Crippen molar-refractivity contribution in [3.8, 4) is 0 Å². The molecule has 0 aliphatic carbocycles. The van der Waals surface area contributed by atoms with Gasteiger partial charge in [0.25, 0.3) is 5.91 Å². The van der Waals surface area contributed by atoms with Gasteiger partial charge in [0.05, 0.1) is 12.7 Å². The largest absolute Gasteiger partial charge is 0.464 e. The number of hydrogen-bond acceptors (Lipinski definition) is 7. The second-order valence-electron chi connectivity index (χ2n) is 7.45.